The number of piperidine rings is 1. The van der Waals surface area contributed by atoms with Crippen molar-refractivity contribution in [3.63, 3.8) is 0 Å². The van der Waals surface area contributed by atoms with Crippen LogP contribution in [0.15, 0.2) is 46.9 Å². The van der Waals surface area contributed by atoms with Crippen LogP contribution in [-0.4, -0.2) is 43.9 Å². The first-order valence-corrected chi connectivity index (χ1v) is 10.7. The molecule has 4 aromatic rings. The molecule has 2 aromatic heterocycles. The average molecular weight is 494 g/mol. The molecule has 1 saturated heterocycles. The number of nitrogens with zero attached hydrogens (tertiary/aromatic N) is 5. The number of carbonyl (C=O) groups excluding carboxylic acids is 1. The highest BCUT2D eigenvalue weighted by Crippen LogP contribution is 2.35. The number of carbonyl (C=O) groups is 1. The largest absolute Gasteiger partial charge is 0.440 e. The van der Waals surface area contributed by atoms with Crippen LogP contribution in [0.5, 0.6) is 0 Å². The minimum absolute atomic E-state index is 0.0601. The van der Waals surface area contributed by atoms with Crippen molar-refractivity contribution in [2.45, 2.75) is 24.9 Å². The van der Waals surface area contributed by atoms with Gasteiger partial charge in [0.15, 0.2) is 22.9 Å². The summed E-state index contributed by atoms with van der Waals surface area (Å²) in [6, 6.07) is 9.37. The first-order chi connectivity index (χ1) is 16.2. The minimum Gasteiger partial charge on any atom is -0.440 e. The summed E-state index contributed by atoms with van der Waals surface area (Å²) >= 11 is 5.98. The molecule has 1 aliphatic rings. The molecule has 7 nitrogen and oxygen atoms in total. The van der Waals surface area contributed by atoms with Crippen LogP contribution in [0.2, 0.25) is 5.02 Å². The second kappa shape index (κ2) is 8.39. The van der Waals surface area contributed by atoms with Crippen molar-refractivity contribution in [3.05, 3.63) is 70.6 Å². The van der Waals surface area contributed by atoms with Gasteiger partial charge in [-0.2, -0.15) is 13.2 Å². The summed E-state index contributed by atoms with van der Waals surface area (Å²) < 4.78 is 61.1. The van der Waals surface area contributed by atoms with Gasteiger partial charge in [-0.3, -0.25) is 4.79 Å². The molecule has 0 aliphatic carbocycles. The Balaban J connectivity index is 1.36. The number of alkyl halides is 3. The van der Waals surface area contributed by atoms with E-state index in [4.69, 9.17) is 16.0 Å². The Morgan fingerprint density at radius 1 is 1.09 bits per heavy atom. The number of benzene rings is 2. The Hall–Kier alpha value is -3.47. The third kappa shape index (κ3) is 4.11. The first kappa shape index (κ1) is 22.3. The van der Waals surface area contributed by atoms with E-state index < -0.39 is 29.3 Å². The SMILES string of the molecule is O=C(c1nnn(-c2ccc(F)cc2)c1C(F)(F)F)N1CCC(c2nc3cc(Cl)ccc3o2)CC1. The number of oxazole rings is 1. The Morgan fingerprint density at radius 3 is 2.47 bits per heavy atom. The van der Waals surface area contributed by atoms with Crippen molar-refractivity contribution in [2.75, 3.05) is 13.1 Å². The molecule has 0 unspecified atom stereocenters. The topological polar surface area (TPSA) is 77.1 Å². The molecule has 3 heterocycles. The van der Waals surface area contributed by atoms with E-state index >= 15 is 0 Å². The van der Waals surface area contributed by atoms with Gasteiger partial charge in [-0.25, -0.2) is 14.1 Å². The van der Waals surface area contributed by atoms with E-state index in [2.05, 4.69) is 15.3 Å². The highest BCUT2D eigenvalue weighted by atomic mass is 35.5. The number of amides is 1. The molecule has 34 heavy (non-hydrogen) atoms. The lowest BCUT2D eigenvalue weighted by atomic mass is 9.96. The van der Waals surface area contributed by atoms with Crippen LogP contribution in [0.1, 0.15) is 40.8 Å². The normalized spacial score (nSPS) is 15.3. The Kier molecular flexibility index (Phi) is 5.51. The van der Waals surface area contributed by atoms with Gasteiger partial charge in [-0.1, -0.05) is 16.8 Å². The molecule has 1 aliphatic heterocycles. The number of hydrogen-bond acceptors (Lipinski definition) is 5. The summed E-state index contributed by atoms with van der Waals surface area (Å²) in [5, 5.41) is 7.60. The lowest BCUT2D eigenvalue weighted by Gasteiger charge is -2.30. The molecule has 0 atom stereocenters. The summed E-state index contributed by atoms with van der Waals surface area (Å²) in [4.78, 5) is 18.8. The monoisotopic (exact) mass is 493 g/mol. The maximum absolute atomic E-state index is 13.9. The number of likely N-dealkylation sites (tertiary alicyclic amines) is 1. The molecule has 12 heteroatoms. The number of halogens is 5. The predicted molar refractivity (Wildman–Crippen MR) is 113 cm³/mol. The summed E-state index contributed by atoms with van der Waals surface area (Å²) in [6.07, 6.45) is -3.99. The average Bonchev–Trinajstić information content (AvgIpc) is 3.43. The summed E-state index contributed by atoms with van der Waals surface area (Å²) in [5.41, 5.74) is -0.956. The van der Waals surface area contributed by atoms with Crippen LogP contribution in [-0.2, 0) is 6.18 Å². The number of rotatable bonds is 3. The highest BCUT2D eigenvalue weighted by Gasteiger charge is 2.43. The van der Waals surface area contributed by atoms with Crippen LogP contribution in [0, 0.1) is 5.82 Å². The molecule has 0 radical (unpaired) electrons. The van der Waals surface area contributed by atoms with E-state index in [1.807, 2.05) is 0 Å². The van der Waals surface area contributed by atoms with Gasteiger partial charge in [0.05, 0.1) is 5.69 Å². The second-order valence-electron chi connectivity index (χ2n) is 7.90. The summed E-state index contributed by atoms with van der Waals surface area (Å²) in [6.45, 7) is 0.396. The van der Waals surface area contributed by atoms with Crippen molar-refractivity contribution in [1.82, 2.24) is 24.9 Å². The molecule has 0 spiro atoms. The highest BCUT2D eigenvalue weighted by molar-refractivity contribution is 6.31. The van der Waals surface area contributed by atoms with Gasteiger partial charge in [0.25, 0.3) is 5.91 Å². The molecule has 0 saturated carbocycles. The molecular weight excluding hydrogens is 478 g/mol. The Morgan fingerprint density at radius 2 is 1.79 bits per heavy atom. The molecule has 2 aromatic carbocycles. The molecule has 0 bridgehead atoms. The van der Waals surface area contributed by atoms with Crippen molar-refractivity contribution in [2.24, 2.45) is 0 Å². The molecule has 0 N–H and O–H groups in total. The summed E-state index contributed by atoms with van der Waals surface area (Å²) in [7, 11) is 0. The van der Waals surface area contributed by atoms with Gasteiger partial charge < -0.3 is 9.32 Å². The maximum atomic E-state index is 13.9. The predicted octanol–water partition coefficient (Wildman–Crippen LogP) is 5.24. The van der Waals surface area contributed by atoms with Gasteiger partial charge in [-0.05, 0) is 55.3 Å². The zero-order valence-electron chi connectivity index (χ0n) is 17.4. The zero-order valence-corrected chi connectivity index (χ0v) is 18.1. The van der Waals surface area contributed by atoms with Gasteiger partial charge >= 0.3 is 6.18 Å². The van der Waals surface area contributed by atoms with Crippen molar-refractivity contribution in [3.8, 4) is 5.69 Å². The first-order valence-electron chi connectivity index (χ1n) is 10.3. The van der Waals surface area contributed by atoms with Gasteiger partial charge in [0.1, 0.15) is 11.3 Å². The van der Waals surface area contributed by atoms with Gasteiger partial charge in [-0.15, -0.1) is 5.10 Å². The smallest absolute Gasteiger partial charge is 0.435 e. The van der Waals surface area contributed by atoms with Crippen LogP contribution in [0.4, 0.5) is 17.6 Å². The number of hydrogen-bond donors (Lipinski definition) is 0. The third-order valence-electron chi connectivity index (χ3n) is 5.71. The van der Waals surface area contributed by atoms with E-state index in [1.165, 1.54) is 4.90 Å². The van der Waals surface area contributed by atoms with Crippen LogP contribution >= 0.6 is 11.6 Å². The minimum atomic E-state index is -4.90. The maximum Gasteiger partial charge on any atom is 0.435 e. The second-order valence-corrected chi connectivity index (χ2v) is 8.34. The lowest BCUT2D eigenvalue weighted by molar-refractivity contribution is -0.143. The number of fused-ring (bicyclic) bond motifs is 1. The van der Waals surface area contributed by atoms with E-state index in [1.54, 1.807) is 18.2 Å². The fraction of sp³-hybridized carbons (Fsp3) is 0.273. The molecule has 176 valence electrons. The zero-order chi connectivity index (χ0) is 24.0. The Bertz CT molecular complexity index is 1360. The van der Waals surface area contributed by atoms with Crippen LogP contribution in [0.25, 0.3) is 16.8 Å². The van der Waals surface area contributed by atoms with E-state index in [0.717, 1.165) is 24.3 Å². The van der Waals surface area contributed by atoms with Crippen LogP contribution < -0.4 is 0 Å². The molecule has 5 rings (SSSR count). The standard InChI is InChI=1S/C22H16ClF4N5O2/c23-13-1-6-17-16(11-13)28-20(34-17)12-7-9-31(10-8-12)21(33)18-19(22(25,26)27)32(30-29-18)15-4-2-14(24)3-5-15/h1-6,11-12H,7-10H2. The van der Waals surface area contributed by atoms with E-state index in [9.17, 15) is 22.4 Å². The summed E-state index contributed by atoms with van der Waals surface area (Å²) in [5.74, 6) is -1.07. The molecule has 1 fully saturated rings. The van der Waals surface area contributed by atoms with Gasteiger partial charge in [0, 0.05) is 24.0 Å². The van der Waals surface area contributed by atoms with Crippen molar-refractivity contribution < 1.29 is 26.8 Å². The van der Waals surface area contributed by atoms with Crippen molar-refractivity contribution in [1.29, 1.82) is 0 Å². The Labute approximate surface area is 194 Å². The fourth-order valence-electron chi connectivity index (χ4n) is 4.02. The molecule has 1 amide bonds. The van der Waals surface area contributed by atoms with Crippen molar-refractivity contribution >= 4 is 28.6 Å². The van der Waals surface area contributed by atoms with E-state index in [-0.39, 0.29) is 24.7 Å². The molecular formula is C22H16ClF4N5O2. The van der Waals surface area contributed by atoms with Gasteiger partial charge in [0.2, 0.25) is 0 Å². The lowest BCUT2D eigenvalue weighted by Crippen LogP contribution is -2.39. The van der Waals surface area contributed by atoms with E-state index in [0.29, 0.717) is 39.5 Å². The fourth-order valence-corrected chi connectivity index (χ4v) is 4.18. The quantitative estimate of drug-likeness (QED) is 0.365. The third-order valence-corrected chi connectivity index (χ3v) is 5.95. The number of aromatic nitrogens is 4. The van der Waals surface area contributed by atoms with Crippen LogP contribution in [0.3, 0.4) is 0 Å².